The Morgan fingerprint density at radius 1 is 1.25 bits per heavy atom. The maximum atomic E-state index is 12.3. The molecule has 1 unspecified atom stereocenters. The fourth-order valence-electron chi connectivity index (χ4n) is 2.56. The maximum absolute atomic E-state index is 12.3. The first-order valence-corrected chi connectivity index (χ1v) is 6.84. The SMILES string of the molecule is CC1=C(C(=O)NC(CC(=O)O)c2ccccc2)CCC1. The van der Waals surface area contributed by atoms with Gasteiger partial charge in [0.2, 0.25) is 5.91 Å². The normalized spacial score (nSPS) is 16.1. The minimum atomic E-state index is -0.920. The van der Waals surface area contributed by atoms with E-state index in [0.29, 0.717) is 0 Å². The number of carbonyl (C=O) groups is 2. The van der Waals surface area contributed by atoms with Gasteiger partial charge in [-0.15, -0.1) is 0 Å². The molecule has 0 bridgehead atoms. The molecule has 2 N–H and O–H groups in total. The summed E-state index contributed by atoms with van der Waals surface area (Å²) in [6.07, 6.45) is 2.63. The van der Waals surface area contributed by atoms with E-state index in [1.165, 1.54) is 0 Å². The first-order valence-electron chi connectivity index (χ1n) is 6.84. The van der Waals surface area contributed by atoms with Crippen molar-refractivity contribution in [1.82, 2.24) is 5.32 Å². The number of rotatable bonds is 5. The molecule has 0 saturated carbocycles. The fourth-order valence-corrected chi connectivity index (χ4v) is 2.56. The van der Waals surface area contributed by atoms with Gasteiger partial charge in [0, 0.05) is 5.57 Å². The lowest BCUT2D eigenvalue weighted by Gasteiger charge is -2.18. The fraction of sp³-hybridized carbons (Fsp3) is 0.375. The van der Waals surface area contributed by atoms with Crippen LogP contribution in [0.2, 0.25) is 0 Å². The zero-order valence-electron chi connectivity index (χ0n) is 11.6. The lowest BCUT2D eigenvalue weighted by atomic mass is 10.0. The van der Waals surface area contributed by atoms with Crippen LogP contribution < -0.4 is 5.32 Å². The van der Waals surface area contributed by atoms with Crippen LogP contribution in [-0.2, 0) is 9.59 Å². The quantitative estimate of drug-likeness (QED) is 0.867. The summed E-state index contributed by atoms with van der Waals surface area (Å²) in [5.41, 5.74) is 2.75. The molecular weight excluding hydrogens is 254 g/mol. The van der Waals surface area contributed by atoms with Gasteiger partial charge in [0.05, 0.1) is 12.5 Å². The average Bonchev–Trinajstić information content (AvgIpc) is 2.85. The standard InChI is InChI=1S/C16H19NO3/c1-11-6-5-9-13(11)16(20)17-14(10-15(18)19)12-7-3-2-4-8-12/h2-4,7-8,14H,5-6,9-10H2,1H3,(H,17,20)(H,18,19). The highest BCUT2D eigenvalue weighted by Gasteiger charge is 2.23. The van der Waals surface area contributed by atoms with E-state index in [9.17, 15) is 9.59 Å². The molecule has 1 atom stereocenters. The molecule has 4 nitrogen and oxygen atoms in total. The predicted molar refractivity (Wildman–Crippen MR) is 76.1 cm³/mol. The third-order valence-corrected chi connectivity index (χ3v) is 3.65. The minimum absolute atomic E-state index is 0.109. The molecule has 4 heteroatoms. The summed E-state index contributed by atoms with van der Waals surface area (Å²) in [5.74, 6) is -1.05. The summed E-state index contributed by atoms with van der Waals surface area (Å²) >= 11 is 0. The topological polar surface area (TPSA) is 66.4 Å². The first-order chi connectivity index (χ1) is 9.58. The molecule has 0 spiro atoms. The molecule has 0 aromatic heterocycles. The van der Waals surface area contributed by atoms with Gasteiger partial charge in [-0.3, -0.25) is 9.59 Å². The molecule has 0 aliphatic heterocycles. The third-order valence-electron chi connectivity index (χ3n) is 3.65. The van der Waals surface area contributed by atoms with E-state index in [0.717, 1.165) is 36.0 Å². The largest absolute Gasteiger partial charge is 0.481 e. The van der Waals surface area contributed by atoms with Gasteiger partial charge in [-0.2, -0.15) is 0 Å². The van der Waals surface area contributed by atoms with Gasteiger partial charge in [-0.05, 0) is 31.7 Å². The van der Waals surface area contributed by atoms with Crippen molar-refractivity contribution in [2.75, 3.05) is 0 Å². The van der Waals surface area contributed by atoms with Crippen LogP contribution in [0.15, 0.2) is 41.5 Å². The Balaban J connectivity index is 2.14. The van der Waals surface area contributed by atoms with Gasteiger partial charge in [-0.25, -0.2) is 0 Å². The molecule has 0 saturated heterocycles. The number of carboxylic acids is 1. The van der Waals surface area contributed by atoms with E-state index in [4.69, 9.17) is 5.11 Å². The van der Waals surface area contributed by atoms with E-state index in [2.05, 4.69) is 5.32 Å². The molecule has 1 aromatic rings. The van der Waals surface area contributed by atoms with Gasteiger partial charge in [-0.1, -0.05) is 35.9 Å². The highest BCUT2D eigenvalue weighted by molar-refractivity contribution is 5.95. The lowest BCUT2D eigenvalue weighted by molar-refractivity contribution is -0.137. The number of benzene rings is 1. The van der Waals surface area contributed by atoms with Crippen molar-refractivity contribution in [2.24, 2.45) is 0 Å². The van der Waals surface area contributed by atoms with Crippen LogP contribution in [0, 0.1) is 0 Å². The van der Waals surface area contributed by atoms with Gasteiger partial charge in [0.15, 0.2) is 0 Å². The van der Waals surface area contributed by atoms with Gasteiger partial charge >= 0.3 is 5.97 Å². The highest BCUT2D eigenvalue weighted by atomic mass is 16.4. The Morgan fingerprint density at radius 3 is 2.50 bits per heavy atom. The number of amides is 1. The molecule has 1 aliphatic rings. The third kappa shape index (κ3) is 3.47. The van der Waals surface area contributed by atoms with E-state index < -0.39 is 12.0 Å². The summed E-state index contributed by atoms with van der Waals surface area (Å²) in [6, 6.07) is 8.75. The summed E-state index contributed by atoms with van der Waals surface area (Å²) in [5, 5.41) is 11.9. The van der Waals surface area contributed by atoms with Crippen LogP contribution in [0.5, 0.6) is 0 Å². The summed E-state index contributed by atoms with van der Waals surface area (Å²) in [6.45, 7) is 1.97. The number of allylic oxidation sites excluding steroid dienone is 1. The molecule has 20 heavy (non-hydrogen) atoms. The smallest absolute Gasteiger partial charge is 0.305 e. The summed E-state index contributed by atoms with van der Waals surface area (Å²) in [4.78, 5) is 23.2. The van der Waals surface area contributed by atoms with Crippen molar-refractivity contribution in [3.8, 4) is 0 Å². The van der Waals surface area contributed by atoms with E-state index in [1.54, 1.807) is 0 Å². The van der Waals surface area contributed by atoms with E-state index in [-0.39, 0.29) is 12.3 Å². The molecular formula is C16H19NO3. The Hall–Kier alpha value is -2.10. The van der Waals surface area contributed by atoms with Crippen LogP contribution in [0.25, 0.3) is 0 Å². The molecule has 106 valence electrons. The van der Waals surface area contributed by atoms with Crippen LogP contribution in [-0.4, -0.2) is 17.0 Å². The number of hydrogen-bond acceptors (Lipinski definition) is 2. The van der Waals surface area contributed by atoms with Crippen molar-refractivity contribution in [2.45, 2.75) is 38.6 Å². The van der Waals surface area contributed by atoms with Crippen LogP contribution >= 0.6 is 0 Å². The summed E-state index contributed by atoms with van der Waals surface area (Å²) in [7, 11) is 0. The monoisotopic (exact) mass is 273 g/mol. The molecule has 0 radical (unpaired) electrons. The first kappa shape index (κ1) is 14.3. The van der Waals surface area contributed by atoms with Crippen molar-refractivity contribution in [3.63, 3.8) is 0 Å². The van der Waals surface area contributed by atoms with Crippen LogP contribution in [0.1, 0.15) is 44.2 Å². The van der Waals surface area contributed by atoms with Crippen LogP contribution in [0.4, 0.5) is 0 Å². The molecule has 0 fully saturated rings. The zero-order chi connectivity index (χ0) is 14.5. The Bertz CT molecular complexity index is 534. The number of carboxylic acid groups (broad SMARTS) is 1. The second-order valence-electron chi connectivity index (χ2n) is 5.15. The second-order valence-corrected chi connectivity index (χ2v) is 5.15. The predicted octanol–water partition coefficient (Wildman–Crippen LogP) is 2.82. The van der Waals surface area contributed by atoms with Crippen molar-refractivity contribution < 1.29 is 14.7 Å². The average molecular weight is 273 g/mol. The Labute approximate surface area is 118 Å². The second kappa shape index (κ2) is 6.37. The number of aliphatic carboxylic acids is 1. The Morgan fingerprint density at radius 2 is 1.95 bits per heavy atom. The van der Waals surface area contributed by atoms with Gasteiger partial charge in [0.25, 0.3) is 0 Å². The van der Waals surface area contributed by atoms with Crippen molar-refractivity contribution >= 4 is 11.9 Å². The number of hydrogen-bond donors (Lipinski definition) is 2. The molecule has 1 aromatic carbocycles. The van der Waals surface area contributed by atoms with Crippen molar-refractivity contribution in [3.05, 3.63) is 47.0 Å². The highest BCUT2D eigenvalue weighted by Crippen LogP contribution is 2.26. The zero-order valence-corrected chi connectivity index (χ0v) is 11.6. The van der Waals surface area contributed by atoms with E-state index in [1.807, 2.05) is 37.3 Å². The molecule has 1 aliphatic carbocycles. The van der Waals surface area contributed by atoms with Gasteiger partial charge < -0.3 is 10.4 Å². The minimum Gasteiger partial charge on any atom is -0.481 e. The van der Waals surface area contributed by atoms with Crippen LogP contribution in [0.3, 0.4) is 0 Å². The molecule has 1 amide bonds. The van der Waals surface area contributed by atoms with Gasteiger partial charge in [0.1, 0.15) is 0 Å². The van der Waals surface area contributed by atoms with Crippen molar-refractivity contribution in [1.29, 1.82) is 0 Å². The van der Waals surface area contributed by atoms with E-state index >= 15 is 0 Å². The molecule has 0 heterocycles. The molecule has 2 rings (SSSR count). The number of nitrogens with one attached hydrogen (secondary N) is 1. The maximum Gasteiger partial charge on any atom is 0.305 e. The Kier molecular flexibility index (Phi) is 4.56. The number of carbonyl (C=O) groups excluding carboxylic acids is 1. The lowest BCUT2D eigenvalue weighted by Crippen LogP contribution is -2.31. The summed E-state index contributed by atoms with van der Waals surface area (Å²) < 4.78 is 0.